The third-order valence-electron chi connectivity index (χ3n) is 2.96. The lowest BCUT2D eigenvalue weighted by molar-refractivity contribution is 0.255. The number of amides is 2. The van der Waals surface area contributed by atoms with E-state index < -0.39 is 6.03 Å². The van der Waals surface area contributed by atoms with Crippen LogP contribution < -0.4 is 10.6 Å². The summed E-state index contributed by atoms with van der Waals surface area (Å²) in [7, 11) is 0. The van der Waals surface area contributed by atoms with Crippen molar-refractivity contribution in [3.8, 4) is 0 Å². The van der Waals surface area contributed by atoms with Crippen molar-refractivity contribution in [3.05, 3.63) is 72.0 Å². The largest absolute Gasteiger partial charge is 0.351 e. The molecule has 1 aromatic carbocycles. The molecule has 0 saturated carbocycles. The van der Waals surface area contributed by atoms with Gasteiger partial charge in [-0.25, -0.2) is 4.79 Å². The number of benzene rings is 1. The van der Waals surface area contributed by atoms with Crippen LogP contribution in [0.15, 0.2) is 66.4 Å². The number of hydrogen-bond donors (Lipinski definition) is 1. The maximum atomic E-state index is 11.8. The maximum absolute atomic E-state index is 11.8. The standard InChI is InChI=1S/C16H16N2O/c1-3-7-14-12(4-2)10-11-13-8-5-6-9-15(13)18(14)16(17)19/h3-11H,1H2,2H3,(H2,17,19)/b12-4-,14-7+. The Labute approximate surface area is 113 Å². The summed E-state index contributed by atoms with van der Waals surface area (Å²) in [4.78, 5) is 13.3. The number of anilines is 1. The molecule has 1 aliphatic rings. The Bertz CT molecular complexity index is 609. The smallest absolute Gasteiger partial charge is 0.323 e. The molecular formula is C16H16N2O. The molecule has 0 saturated heterocycles. The van der Waals surface area contributed by atoms with Gasteiger partial charge in [-0.2, -0.15) is 0 Å². The predicted octanol–water partition coefficient (Wildman–Crippen LogP) is 3.61. The maximum Gasteiger partial charge on any atom is 0.323 e. The van der Waals surface area contributed by atoms with Gasteiger partial charge in [-0.1, -0.05) is 49.1 Å². The Balaban J connectivity index is 2.72. The molecule has 2 N–H and O–H groups in total. The highest BCUT2D eigenvalue weighted by Crippen LogP contribution is 2.32. The van der Waals surface area contributed by atoms with Crippen molar-refractivity contribution >= 4 is 17.8 Å². The number of rotatable bonds is 1. The molecule has 0 spiro atoms. The Kier molecular flexibility index (Phi) is 3.66. The van der Waals surface area contributed by atoms with Crippen molar-refractivity contribution in [3.63, 3.8) is 0 Å². The highest BCUT2D eigenvalue weighted by molar-refractivity contribution is 5.99. The molecule has 1 aliphatic heterocycles. The van der Waals surface area contributed by atoms with Gasteiger partial charge in [0.2, 0.25) is 0 Å². The third-order valence-corrected chi connectivity index (χ3v) is 2.96. The van der Waals surface area contributed by atoms with Gasteiger partial charge in [0.05, 0.1) is 11.4 Å². The Morgan fingerprint density at radius 1 is 1.32 bits per heavy atom. The van der Waals surface area contributed by atoms with Gasteiger partial charge < -0.3 is 5.73 Å². The normalized spacial score (nSPS) is 18.3. The van der Waals surface area contributed by atoms with E-state index in [1.165, 1.54) is 4.90 Å². The van der Waals surface area contributed by atoms with Gasteiger partial charge in [0.1, 0.15) is 0 Å². The zero-order valence-corrected chi connectivity index (χ0v) is 10.8. The molecule has 19 heavy (non-hydrogen) atoms. The SMILES string of the molecule is C=C/C=C1\C(=C/C)C=Cc2ccccc2N1C(N)=O. The summed E-state index contributed by atoms with van der Waals surface area (Å²) in [5.41, 5.74) is 8.93. The highest BCUT2D eigenvalue weighted by Gasteiger charge is 2.22. The van der Waals surface area contributed by atoms with E-state index in [2.05, 4.69) is 6.58 Å². The summed E-state index contributed by atoms with van der Waals surface area (Å²) in [6, 6.07) is 7.13. The summed E-state index contributed by atoms with van der Waals surface area (Å²) < 4.78 is 0. The molecule has 0 bridgehead atoms. The van der Waals surface area contributed by atoms with E-state index in [0.717, 1.165) is 22.5 Å². The molecule has 1 aromatic rings. The van der Waals surface area contributed by atoms with Crippen molar-refractivity contribution in [2.24, 2.45) is 5.73 Å². The average Bonchev–Trinajstić information content (AvgIpc) is 2.55. The number of allylic oxidation sites excluding steroid dienone is 4. The van der Waals surface area contributed by atoms with E-state index >= 15 is 0 Å². The average molecular weight is 252 g/mol. The fourth-order valence-electron chi connectivity index (χ4n) is 2.12. The van der Waals surface area contributed by atoms with Crippen molar-refractivity contribution in [2.75, 3.05) is 4.90 Å². The molecule has 96 valence electrons. The third kappa shape index (κ3) is 2.36. The number of nitrogens with two attached hydrogens (primary N) is 1. The van der Waals surface area contributed by atoms with Crippen LogP contribution in [0.1, 0.15) is 12.5 Å². The monoisotopic (exact) mass is 252 g/mol. The summed E-state index contributed by atoms with van der Waals surface area (Å²) in [6.45, 7) is 5.62. The summed E-state index contributed by atoms with van der Waals surface area (Å²) in [6.07, 6.45) is 9.32. The van der Waals surface area contributed by atoms with Crippen molar-refractivity contribution in [2.45, 2.75) is 6.92 Å². The van der Waals surface area contributed by atoms with E-state index in [-0.39, 0.29) is 0 Å². The molecule has 2 amide bonds. The van der Waals surface area contributed by atoms with Crippen LogP contribution in [0, 0.1) is 0 Å². The Morgan fingerprint density at radius 2 is 2.05 bits per heavy atom. The van der Waals surface area contributed by atoms with E-state index in [4.69, 9.17) is 5.73 Å². The quantitative estimate of drug-likeness (QED) is 0.815. The first kappa shape index (κ1) is 12.9. The molecule has 1 heterocycles. The molecule has 0 radical (unpaired) electrons. The Hall–Kier alpha value is -2.55. The molecule has 3 heteroatoms. The van der Waals surface area contributed by atoms with Crippen LogP contribution in [0.3, 0.4) is 0 Å². The number of para-hydroxylation sites is 1. The molecular weight excluding hydrogens is 236 g/mol. The van der Waals surface area contributed by atoms with E-state index in [1.54, 1.807) is 12.2 Å². The van der Waals surface area contributed by atoms with E-state index in [9.17, 15) is 4.79 Å². The molecule has 0 unspecified atom stereocenters. The van der Waals surface area contributed by atoms with Crippen LogP contribution in [-0.2, 0) is 0 Å². The molecule has 0 atom stereocenters. The van der Waals surface area contributed by atoms with Crippen LogP contribution >= 0.6 is 0 Å². The first-order chi connectivity index (χ1) is 9.19. The lowest BCUT2D eigenvalue weighted by Gasteiger charge is -2.24. The number of carbonyl (C=O) groups is 1. The fraction of sp³-hybridized carbons (Fsp3) is 0.0625. The molecule has 2 rings (SSSR count). The van der Waals surface area contributed by atoms with Crippen molar-refractivity contribution in [1.29, 1.82) is 0 Å². The first-order valence-corrected chi connectivity index (χ1v) is 6.05. The molecule has 0 aliphatic carbocycles. The summed E-state index contributed by atoms with van der Waals surface area (Å²) >= 11 is 0. The zero-order chi connectivity index (χ0) is 13.8. The van der Waals surface area contributed by atoms with E-state index in [0.29, 0.717) is 0 Å². The minimum atomic E-state index is -0.511. The van der Waals surface area contributed by atoms with Crippen molar-refractivity contribution < 1.29 is 4.79 Å². The summed E-state index contributed by atoms with van der Waals surface area (Å²) in [5.74, 6) is 0. The van der Waals surface area contributed by atoms with Crippen LogP contribution in [0.5, 0.6) is 0 Å². The van der Waals surface area contributed by atoms with Crippen LogP contribution in [0.4, 0.5) is 10.5 Å². The van der Waals surface area contributed by atoms with Crippen LogP contribution in [0.25, 0.3) is 6.08 Å². The number of primary amides is 1. The lowest BCUT2D eigenvalue weighted by atomic mass is 10.1. The molecule has 0 fully saturated rings. The molecule has 3 nitrogen and oxygen atoms in total. The predicted molar refractivity (Wildman–Crippen MR) is 79.6 cm³/mol. The van der Waals surface area contributed by atoms with Gasteiger partial charge in [-0.3, -0.25) is 4.90 Å². The van der Waals surface area contributed by atoms with Crippen molar-refractivity contribution in [1.82, 2.24) is 0 Å². The fourth-order valence-corrected chi connectivity index (χ4v) is 2.12. The van der Waals surface area contributed by atoms with Gasteiger partial charge in [0.25, 0.3) is 0 Å². The highest BCUT2D eigenvalue weighted by atomic mass is 16.2. The first-order valence-electron chi connectivity index (χ1n) is 6.05. The van der Waals surface area contributed by atoms with Gasteiger partial charge in [0.15, 0.2) is 0 Å². The van der Waals surface area contributed by atoms with Crippen LogP contribution in [-0.4, -0.2) is 6.03 Å². The number of urea groups is 1. The van der Waals surface area contributed by atoms with Gasteiger partial charge >= 0.3 is 6.03 Å². The lowest BCUT2D eigenvalue weighted by Crippen LogP contribution is -2.35. The number of fused-ring (bicyclic) bond motifs is 1. The zero-order valence-electron chi connectivity index (χ0n) is 10.8. The van der Waals surface area contributed by atoms with E-state index in [1.807, 2.05) is 49.4 Å². The number of nitrogens with zero attached hydrogens (tertiary/aromatic N) is 1. The second-order valence-electron chi connectivity index (χ2n) is 4.10. The molecule has 0 aromatic heterocycles. The van der Waals surface area contributed by atoms with Gasteiger partial charge in [0, 0.05) is 0 Å². The van der Waals surface area contributed by atoms with Gasteiger partial charge in [-0.05, 0) is 30.2 Å². The number of carbonyl (C=O) groups excluding carboxylic acids is 1. The summed E-state index contributed by atoms with van der Waals surface area (Å²) in [5, 5.41) is 0. The van der Waals surface area contributed by atoms with Gasteiger partial charge in [-0.15, -0.1) is 0 Å². The second-order valence-corrected chi connectivity index (χ2v) is 4.10. The minimum Gasteiger partial charge on any atom is -0.351 e. The second kappa shape index (κ2) is 5.40. The van der Waals surface area contributed by atoms with Crippen LogP contribution in [0.2, 0.25) is 0 Å². The Morgan fingerprint density at radius 3 is 2.68 bits per heavy atom. The topological polar surface area (TPSA) is 46.3 Å². The minimum absolute atomic E-state index is 0.511. The number of hydrogen-bond acceptors (Lipinski definition) is 1.